The molecule has 22 heavy (non-hydrogen) atoms. The van der Waals surface area contributed by atoms with Gasteiger partial charge in [0.2, 0.25) is 5.89 Å². The van der Waals surface area contributed by atoms with Crippen LogP contribution in [0.1, 0.15) is 17.3 Å². The van der Waals surface area contributed by atoms with Crippen molar-refractivity contribution in [3.63, 3.8) is 0 Å². The van der Waals surface area contributed by atoms with E-state index >= 15 is 0 Å². The van der Waals surface area contributed by atoms with Crippen molar-refractivity contribution in [2.45, 2.75) is 26.5 Å². The molecule has 0 amide bonds. The fourth-order valence-corrected chi connectivity index (χ4v) is 2.46. The van der Waals surface area contributed by atoms with Gasteiger partial charge in [0, 0.05) is 25.8 Å². The van der Waals surface area contributed by atoms with Crippen LogP contribution in [0.15, 0.2) is 22.7 Å². The molecule has 3 heterocycles. The normalized spacial score (nSPS) is 19.3. The number of rotatable bonds is 5. The Bertz CT molecular complexity index is 582. The van der Waals surface area contributed by atoms with Crippen molar-refractivity contribution in [2.75, 3.05) is 31.6 Å². The lowest BCUT2D eigenvalue weighted by atomic mass is 10.2. The fraction of sp³-hybridized carbons (Fsp3) is 0.533. The largest absolute Gasteiger partial charge is 0.444 e. The van der Waals surface area contributed by atoms with Gasteiger partial charge in [0.05, 0.1) is 24.9 Å². The molecule has 1 aliphatic rings. The van der Waals surface area contributed by atoms with Gasteiger partial charge in [-0.15, -0.1) is 5.10 Å². The Morgan fingerprint density at radius 2 is 2.32 bits per heavy atom. The van der Waals surface area contributed by atoms with Crippen LogP contribution in [0.5, 0.6) is 0 Å². The molecule has 1 atom stereocenters. The molecule has 2 aromatic rings. The summed E-state index contributed by atoms with van der Waals surface area (Å²) in [6.07, 6.45) is 1.78. The molecule has 3 rings (SSSR count). The molecule has 7 heteroatoms. The van der Waals surface area contributed by atoms with E-state index in [-0.39, 0.29) is 6.10 Å². The van der Waals surface area contributed by atoms with Crippen LogP contribution in [0, 0.1) is 13.8 Å². The second kappa shape index (κ2) is 6.85. The van der Waals surface area contributed by atoms with Gasteiger partial charge in [0.15, 0.2) is 0 Å². The Hall–Kier alpha value is -1.99. The van der Waals surface area contributed by atoms with Crippen molar-refractivity contribution in [1.29, 1.82) is 0 Å². The van der Waals surface area contributed by atoms with Crippen molar-refractivity contribution in [3.8, 4) is 0 Å². The van der Waals surface area contributed by atoms with Gasteiger partial charge >= 0.3 is 0 Å². The maximum Gasteiger partial charge on any atom is 0.208 e. The highest BCUT2D eigenvalue weighted by molar-refractivity contribution is 5.31. The predicted octanol–water partition coefficient (Wildman–Crippen LogP) is 1.39. The van der Waals surface area contributed by atoms with E-state index < -0.39 is 0 Å². The molecule has 0 aromatic carbocycles. The van der Waals surface area contributed by atoms with Crippen molar-refractivity contribution < 1.29 is 9.15 Å². The van der Waals surface area contributed by atoms with Gasteiger partial charge < -0.3 is 14.5 Å². The second-order valence-corrected chi connectivity index (χ2v) is 5.47. The summed E-state index contributed by atoms with van der Waals surface area (Å²) in [5, 5.41) is 11.1. The second-order valence-electron chi connectivity index (χ2n) is 5.47. The molecule has 7 nitrogen and oxygen atoms in total. The number of aromatic nitrogens is 3. The summed E-state index contributed by atoms with van der Waals surface area (Å²) in [7, 11) is 0. The van der Waals surface area contributed by atoms with Gasteiger partial charge in [0.1, 0.15) is 11.6 Å². The van der Waals surface area contributed by atoms with Crippen molar-refractivity contribution in [2.24, 2.45) is 0 Å². The number of nitrogens with one attached hydrogen (secondary N) is 1. The third-order valence-corrected chi connectivity index (χ3v) is 3.74. The Morgan fingerprint density at radius 1 is 1.41 bits per heavy atom. The van der Waals surface area contributed by atoms with Crippen LogP contribution < -0.4 is 5.32 Å². The summed E-state index contributed by atoms with van der Waals surface area (Å²) in [5.41, 5.74) is 0.962. The highest BCUT2D eigenvalue weighted by atomic mass is 16.5. The van der Waals surface area contributed by atoms with Crippen molar-refractivity contribution >= 4 is 5.82 Å². The number of hydrogen-bond acceptors (Lipinski definition) is 7. The SMILES string of the molecule is Cc1nc(CN2CCO[C@@H](CNc3cccnn3)C2)oc1C. The minimum atomic E-state index is 0.118. The zero-order valence-electron chi connectivity index (χ0n) is 13.0. The number of hydrogen-bond donors (Lipinski definition) is 1. The van der Waals surface area contributed by atoms with Gasteiger partial charge in [0.25, 0.3) is 0 Å². The first-order chi connectivity index (χ1) is 10.7. The molecule has 118 valence electrons. The highest BCUT2D eigenvalue weighted by Crippen LogP contribution is 2.13. The number of oxazole rings is 1. The molecule has 0 bridgehead atoms. The Kier molecular flexibility index (Phi) is 4.65. The van der Waals surface area contributed by atoms with E-state index in [1.54, 1.807) is 6.20 Å². The van der Waals surface area contributed by atoms with Gasteiger partial charge in [-0.2, -0.15) is 5.10 Å². The summed E-state index contributed by atoms with van der Waals surface area (Å²) in [6.45, 7) is 7.79. The number of anilines is 1. The average Bonchev–Trinajstić information content (AvgIpc) is 2.84. The molecule has 2 aromatic heterocycles. The van der Waals surface area contributed by atoms with E-state index in [2.05, 4.69) is 25.4 Å². The maximum absolute atomic E-state index is 5.79. The fourth-order valence-electron chi connectivity index (χ4n) is 2.46. The molecule has 0 aliphatic carbocycles. The number of aryl methyl sites for hydroxylation is 2. The third-order valence-electron chi connectivity index (χ3n) is 3.74. The first-order valence-corrected chi connectivity index (χ1v) is 7.49. The lowest BCUT2D eigenvalue weighted by Crippen LogP contribution is -2.44. The van der Waals surface area contributed by atoms with E-state index in [0.29, 0.717) is 13.2 Å². The van der Waals surface area contributed by atoms with Gasteiger partial charge in [-0.3, -0.25) is 4.90 Å². The van der Waals surface area contributed by atoms with Crippen LogP contribution in [-0.2, 0) is 11.3 Å². The summed E-state index contributed by atoms with van der Waals surface area (Å²) < 4.78 is 11.4. The topological polar surface area (TPSA) is 76.3 Å². The van der Waals surface area contributed by atoms with Crippen LogP contribution in [0.2, 0.25) is 0 Å². The highest BCUT2D eigenvalue weighted by Gasteiger charge is 2.22. The smallest absolute Gasteiger partial charge is 0.208 e. The van der Waals surface area contributed by atoms with Crippen molar-refractivity contribution in [1.82, 2.24) is 20.1 Å². The van der Waals surface area contributed by atoms with Crippen LogP contribution in [0.4, 0.5) is 5.82 Å². The first kappa shape index (κ1) is 14.9. The van der Waals surface area contributed by atoms with Crippen LogP contribution in [0.3, 0.4) is 0 Å². The summed E-state index contributed by atoms with van der Waals surface area (Å²) >= 11 is 0. The molecular formula is C15H21N5O2. The maximum atomic E-state index is 5.79. The van der Waals surface area contributed by atoms with Crippen LogP contribution in [-0.4, -0.2) is 52.4 Å². The molecule has 0 saturated carbocycles. The van der Waals surface area contributed by atoms with Crippen LogP contribution >= 0.6 is 0 Å². The third kappa shape index (κ3) is 3.80. The molecule has 1 N–H and O–H groups in total. The molecule has 1 aliphatic heterocycles. The lowest BCUT2D eigenvalue weighted by Gasteiger charge is -2.32. The van der Waals surface area contributed by atoms with E-state index in [1.807, 2.05) is 26.0 Å². The van der Waals surface area contributed by atoms with Crippen LogP contribution in [0.25, 0.3) is 0 Å². The van der Waals surface area contributed by atoms with E-state index in [1.165, 1.54) is 0 Å². The Morgan fingerprint density at radius 3 is 3.05 bits per heavy atom. The van der Waals surface area contributed by atoms with Gasteiger partial charge in [-0.1, -0.05) is 0 Å². The van der Waals surface area contributed by atoms with Gasteiger partial charge in [-0.05, 0) is 26.0 Å². The summed E-state index contributed by atoms with van der Waals surface area (Å²) in [6, 6.07) is 3.75. The monoisotopic (exact) mass is 303 g/mol. The molecule has 0 radical (unpaired) electrons. The zero-order chi connectivity index (χ0) is 15.4. The van der Waals surface area contributed by atoms with E-state index in [4.69, 9.17) is 9.15 Å². The minimum Gasteiger partial charge on any atom is -0.444 e. The average molecular weight is 303 g/mol. The summed E-state index contributed by atoms with van der Waals surface area (Å²) in [5.74, 6) is 2.43. The van der Waals surface area contributed by atoms with Crippen molar-refractivity contribution in [3.05, 3.63) is 35.7 Å². The lowest BCUT2D eigenvalue weighted by molar-refractivity contribution is -0.0264. The van der Waals surface area contributed by atoms with E-state index in [0.717, 1.165) is 42.8 Å². The predicted molar refractivity (Wildman–Crippen MR) is 81.5 cm³/mol. The number of ether oxygens (including phenoxy) is 1. The van der Waals surface area contributed by atoms with Gasteiger partial charge in [-0.25, -0.2) is 4.98 Å². The minimum absolute atomic E-state index is 0.118. The quantitative estimate of drug-likeness (QED) is 0.894. The molecule has 0 spiro atoms. The molecular weight excluding hydrogens is 282 g/mol. The van der Waals surface area contributed by atoms with E-state index in [9.17, 15) is 0 Å². The Labute approximate surface area is 129 Å². The number of morpholine rings is 1. The molecule has 1 fully saturated rings. The Balaban J connectivity index is 1.50. The first-order valence-electron chi connectivity index (χ1n) is 7.49. The molecule has 0 unspecified atom stereocenters. The molecule has 1 saturated heterocycles. The standard InChI is InChI=1S/C15H21N5O2/c1-11-12(2)22-15(18-11)10-20-6-7-21-13(9-20)8-16-14-4-3-5-17-19-14/h3-5,13H,6-10H2,1-2H3,(H,16,19)/t13-/m0/s1. The summed E-state index contributed by atoms with van der Waals surface area (Å²) in [4.78, 5) is 6.74. The zero-order valence-corrected chi connectivity index (χ0v) is 13.0. The number of nitrogens with zero attached hydrogens (tertiary/aromatic N) is 4.